The highest BCUT2D eigenvalue weighted by atomic mass is 31.2. The summed E-state index contributed by atoms with van der Waals surface area (Å²) in [7, 11) is 1.49. The second kappa shape index (κ2) is 58.9. The van der Waals surface area contributed by atoms with E-state index in [1.807, 2.05) is 33.3 Å². The molecule has 0 saturated carbocycles. The average molecular weight is 1130 g/mol. The Hall–Kier alpha value is -2.29. The number of esters is 1. The molecule has 0 spiro atoms. The first-order valence-corrected chi connectivity index (χ1v) is 35.1. The first-order chi connectivity index (χ1) is 38.4. The maximum atomic E-state index is 13.5. The van der Waals surface area contributed by atoms with Crippen LogP contribution in [0.4, 0.5) is 0 Å². The fraction of sp³-hybridized carbons (Fsp3) is 0.826. The minimum absolute atomic E-state index is 0.0378. The summed E-state index contributed by atoms with van der Waals surface area (Å²) in [5, 5.41) is 3.05. The molecule has 0 aromatic rings. The van der Waals surface area contributed by atoms with E-state index < -0.39 is 20.0 Å². The predicted molar refractivity (Wildman–Crippen MR) is 342 cm³/mol. The van der Waals surface area contributed by atoms with Crippen LogP contribution in [0.1, 0.15) is 316 Å². The lowest BCUT2D eigenvalue weighted by Crippen LogP contribution is -2.47. The molecule has 3 unspecified atom stereocenters. The van der Waals surface area contributed by atoms with Gasteiger partial charge in [0.25, 0.3) is 0 Å². The van der Waals surface area contributed by atoms with Crippen molar-refractivity contribution in [2.45, 2.75) is 328 Å². The van der Waals surface area contributed by atoms with Crippen molar-refractivity contribution in [2.75, 3.05) is 40.9 Å². The number of unbranched alkanes of at least 4 members (excludes halogenated alkanes) is 38. The van der Waals surface area contributed by atoms with Crippen LogP contribution in [0.25, 0.3) is 0 Å². The number of rotatable bonds is 61. The normalized spacial score (nSPS) is 14.0. The number of carbonyl (C=O) groups is 2. The third kappa shape index (κ3) is 60.1. The number of carbonyl (C=O) groups excluding carboxylic acids is 2. The summed E-state index contributed by atoms with van der Waals surface area (Å²) >= 11 is 0. The highest BCUT2D eigenvalue weighted by Crippen LogP contribution is 2.43. The smallest absolute Gasteiger partial charge is 0.456 e. The van der Waals surface area contributed by atoms with Crippen molar-refractivity contribution in [3.8, 4) is 0 Å². The second-order valence-corrected chi connectivity index (χ2v) is 25.5. The van der Waals surface area contributed by atoms with Gasteiger partial charge in [-0.25, -0.2) is 4.57 Å². The van der Waals surface area contributed by atoms with E-state index in [4.69, 9.17) is 13.8 Å². The van der Waals surface area contributed by atoms with Gasteiger partial charge in [0.15, 0.2) is 0 Å². The molecule has 0 radical (unpaired) electrons. The van der Waals surface area contributed by atoms with Crippen LogP contribution in [-0.2, 0) is 27.9 Å². The van der Waals surface area contributed by atoms with Crippen molar-refractivity contribution in [1.82, 2.24) is 5.32 Å². The average Bonchev–Trinajstić information content (AvgIpc) is 3.41. The lowest BCUT2D eigenvalue weighted by Gasteiger charge is -2.27. The minimum atomic E-state index is -4.45. The quantitative estimate of drug-likeness (QED) is 0.0156. The molecule has 0 aliphatic rings. The molecular weight excluding hydrogens is 1000 g/mol. The molecule has 2 N–H and O–H groups in total. The Bertz CT molecular complexity index is 1540. The van der Waals surface area contributed by atoms with Gasteiger partial charge in [-0.15, -0.1) is 0 Å². The molecule has 1 amide bonds. The van der Waals surface area contributed by atoms with Gasteiger partial charge in [0.05, 0.1) is 33.8 Å². The Morgan fingerprint density at radius 1 is 0.456 bits per heavy atom. The SMILES string of the molecule is CCCCC/C=C\C/C=C\CCCCCCCCCCCCCCCCCCCC(=O)OC(/C=C\CCCCCCCCCCC)C(COP(=O)(O)OCC[N+](C)(C)C)NC(=O)CCCCCCCC/C=C/C=C/CCCCC. The Morgan fingerprint density at radius 2 is 0.810 bits per heavy atom. The fourth-order valence-electron chi connectivity index (χ4n) is 9.73. The van der Waals surface area contributed by atoms with Crippen molar-refractivity contribution < 1.29 is 37.3 Å². The predicted octanol–water partition coefficient (Wildman–Crippen LogP) is 21.0. The van der Waals surface area contributed by atoms with E-state index in [2.05, 4.69) is 74.7 Å². The molecule has 0 saturated heterocycles. The molecule has 0 rings (SSSR count). The maximum Gasteiger partial charge on any atom is 0.472 e. The molecule has 0 aliphatic heterocycles. The number of phosphoric acid groups is 1. The molecule has 3 atom stereocenters. The van der Waals surface area contributed by atoms with E-state index in [-0.39, 0.29) is 25.1 Å². The van der Waals surface area contributed by atoms with Crippen LogP contribution in [0, 0.1) is 0 Å². The largest absolute Gasteiger partial charge is 0.472 e. The summed E-state index contributed by atoms with van der Waals surface area (Å²) in [6.07, 6.45) is 75.2. The van der Waals surface area contributed by atoms with Crippen LogP contribution in [-0.4, -0.2) is 74.3 Å². The molecule has 0 fully saturated rings. The molecule has 10 heteroatoms. The maximum absolute atomic E-state index is 13.5. The number of likely N-dealkylation sites (N-methyl/N-ethyl adjacent to an activating group) is 1. The molecule has 462 valence electrons. The Kier molecular flexibility index (Phi) is 57.2. The zero-order valence-electron chi connectivity index (χ0n) is 52.9. The van der Waals surface area contributed by atoms with Crippen LogP contribution in [0.5, 0.6) is 0 Å². The van der Waals surface area contributed by atoms with Gasteiger partial charge in [-0.05, 0) is 89.5 Å². The lowest BCUT2D eigenvalue weighted by atomic mass is 10.0. The third-order valence-electron chi connectivity index (χ3n) is 15.0. The Balaban J connectivity index is 4.99. The third-order valence-corrected chi connectivity index (χ3v) is 15.9. The van der Waals surface area contributed by atoms with Gasteiger partial charge in [0.2, 0.25) is 5.91 Å². The van der Waals surface area contributed by atoms with Crippen LogP contribution in [0.2, 0.25) is 0 Å². The molecule has 9 nitrogen and oxygen atoms in total. The van der Waals surface area contributed by atoms with E-state index in [9.17, 15) is 19.0 Å². The van der Waals surface area contributed by atoms with E-state index in [0.717, 1.165) is 83.5 Å². The number of phosphoric ester groups is 1. The summed E-state index contributed by atoms with van der Waals surface area (Å²) in [5.41, 5.74) is 0. The zero-order valence-corrected chi connectivity index (χ0v) is 53.8. The van der Waals surface area contributed by atoms with Gasteiger partial charge in [0, 0.05) is 12.8 Å². The number of ether oxygens (including phenoxy) is 1. The Morgan fingerprint density at radius 3 is 1.24 bits per heavy atom. The van der Waals surface area contributed by atoms with Crippen LogP contribution < -0.4 is 5.32 Å². The highest BCUT2D eigenvalue weighted by Gasteiger charge is 2.30. The van der Waals surface area contributed by atoms with Gasteiger partial charge in [-0.1, -0.05) is 275 Å². The van der Waals surface area contributed by atoms with Crippen molar-refractivity contribution in [1.29, 1.82) is 0 Å². The van der Waals surface area contributed by atoms with Gasteiger partial charge < -0.3 is 19.4 Å². The molecule has 0 bridgehead atoms. The van der Waals surface area contributed by atoms with Crippen molar-refractivity contribution in [3.63, 3.8) is 0 Å². The first kappa shape index (κ1) is 76.7. The van der Waals surface area contributed by atoms with E-state index >= 15 is 0 Å². The van der Waals surface area contributed by atoms with Crippen molar-refractivity contribution in [3.05, 3.63) is 60.8 Å². The molecule has 79 heavy (non-hydrogen) atoms. The topological polar surface area (TPSA) is 111 Å². The lowest BCUT2D eigenvalue weighted by molar-refractivity contribution is -0.870. The summed E-state index contributed by atoms with van der Waals surface area (Å²) in [4.78, 5) is 37.7. The molecule has 0 aromatic heterocycles. The van der Waals surface area contributed by atoms with E-state index in [1.165, 1.54) is 199 Å². The molecule has 0 aromatic carbocycles. The molecule has 0 heterocycles. The summed E-state index contributed by atoms with van der Waals surface area (Å²) in [6.45, 7) is 6.97. The number of allylic oxidation sites excluding steroid dienone is 9. The van der Waals surface area contributed by atoms with Gasteiger partial charge >= 0.3 is 13.8 Å². The number of amides is 1. The standard InChI is InChI=1S/C69H129N2O7P/c1-7-10-13-16-19-22-25-27-29-30-31-32-33-34-35-36-37-38-39-40-42-44-47-50-53-56-59-62-69(73)78-67(60-57-54-51-48-45-24-21-18-15-12-9-3)66(65-77-79(74,75)76-64-63-71(4,5)6)70-68(72)61-58-55-52-49-46-43-41-28-26-23-20-17-14-11-8-2/h19-20,22-23,26-29,57,60,66-67H,7-18,21,24-25,30-56,58-59,61-65H2,1-6H3,(H-,70,72,74,75)/p+1/b22-19-,23-20+,28-26+,29-27-,60-57-. The highest BCUT2D eigenvalue weighted by molar-refractivity contribution is 7.47. The number of nitrogens with zero attached hydrogens (tertiary/aromatic N) is 1. The van der Waals surface area contributed by atoms with Crippen LogP contribution in [0.15, 0.2) is 60.8 Å². The van der Waals surface area contributed by atoms with E-state index in [0.29, 0.717) is 23.9 Å². The number of quaternary nitrogens is 1. The second-order valence-electron chi connectivity index (χ2n) is 24.0. The monoisotopic (exact) mass is 1130 g/mol. The summed E-state index contributed by atoms with van der Waals surface area (Å²) < 4.78 is 30.7. The zero-order chi connectivity index (χ0) is 57.9. The number of hydrogen-bond acceptors (Lipinski definition) is 6. The van der Waals surface area contributed by atoms with Crippen LogP contribution >= 0.6 is 7.82 Å². The van der Waals surface area contributed by atoms with Crippen molar-refractivity contribution in [2.24, 2.45) is 0 Å². The van der Waals surface area contributed by atoms with Gasteiger partial charge in [-0.3, -0.25) is 18.6 Å². The minimum Gasteiger partial charge on any atom is -0.456 e. The van der Waals surface area contributed by atoms with Crippen LogP contribution in [0.3, 0.4) is 0 Å². The van der Waals surface area contributed by atoms with Crippen molar-refractivity contribution >= 4 is 19.7 Å². The molecular formula is C69H130N2O7P+. The fourth-order valence-corrected chi connectivity index (χ4v) is 10.5. The molecule has 0 aliphatic carbocycles. The summed E-state index contributed by atoms with van der Waals surface area (Å²) in [5.74, 6) is -0.510. The Labute approximate surface area is 490 Å². The van der Waals surface area contributed by atoms with Gasteiger partial charge in [-0.2, -0.15) is 0 Å². The van der Waals surface area contributed by atoms with E-state index in [1.54, 1.807) is 0 Å². The summed E-state index contributed by atoms with van der Waals surface area (Å²) in [6, 6.07) is -0.854. The van der Waals surface area contributed by atoms with Gasteiger partial charge in [0.1, 0.15) is 19.3 Å². The number of nitrogens with one attached hydrogen (secondary N) is 1. The number of hydrogen-bond donors (Lipinski definition) is 2. The first-order valence-electron chi connectivity index (χ1n) is 33.6.